The summed E-state index contributed by atoms with van der Waals surface area (Å²) in [4.78, 5) is 12.5. The number of hydrogen-bond donors (Lipinski definition) is 1. The largest absolute Gasteiger partial charge is 0.508 e. The summed E-state index contributed by atoms with van der Waals surface area (Å²) in [7, 11) is 0. The number of benzene rings is 2. The van der Waals surface area contributed by atoms with Crippen LogP contribution in [0, 0.1) is 0 Å². The van der Waals surface area contributed by atoms with Crippen LogP contribution in [0.3, 0.4) is 0 Å². The van der Waals surface area contributed by atoms with Crippen LogP contribution < -0.4 is 10.2 Å². The zero-order chi connectivity index (χ0) is 16.9. The molecule has 0 aliphatic carbocycles. The molecule has 0 spiro atoms. The number of phenols is 1. The Morgan fingerprint density at radius 1 is 1.04 bits per heavy atom. The Hall–Kier alpha value is -3.01. The summed E-state index contributed by atoms with van der Waals surface area (Å²) in [5.74, 6) is 1.32. The number of ether oxygens (including phenoxy) is 1. The molecule has 1 aliphatic rings. The van der Waals surface area contributed by atoms with Gasteiger partial charge in [0.1, 0.15) is 28.4 Å². The van der Waals surface area contributed by atoms with Crippen molar-refractivity contribution in [2.45, 2.75) is 19.4 Å². The molecular weight excluding hydrogens is 304 g/mol. The summed E-state index contributed by atoms with van der Waals surface area (Å²) >= 11 is 0. The summed E-state index contributed by atoms with van der Waals surface area (Å²) in [6.07, 6.45) is 3.88. The Balaban J connectivity index is 1.97. The third-order valence-electron chi connectivity index (χ3n) is 4.07. The van der Waals surface area contributed by atoms with E-state index in [2.05, 4.69) is 0 Å². The first-order chi connectivity index (χ1) is 11.4. The maximum absolute atomic E-state index is 12.5. The lowest BCUT2D eigenvalue weighted by molar-refractivity contribution is 0.159. The van der Waals surface area contributed by atoms with E-state index in [4.69, 9.17) is 9.15 Å². The standard InChI is InChI=1S/C20H16O4/c1-20(2)10-9-15-17(24-20)8-7-14-16(22)11-18(23-19(14)15)12-3-5-13(21)6-4-12/h3-11,21H,1-2H3. The van der Waals surface area contributed by atoms with E-state index in [-0.39, 0.29) is 11.2 Å². The highest BCUT2D eigenvalue weighted by Crippen LogP contribution is 2.36. The van der Waals surface area contributed by atoms with Gasteiger partial charge in [-0.3, -0.25) is 4.79 Å². The predicted molar refractivity (Wildman–Crippen MR) is 93.3 cm³/mol. The van der Waals surface area contributed by atoms with Crippen molar-refractivity contribution in [3.8, 4) is 22.8 Å². The van der Waals surface area contributed by atoms with Crippen molar-refractivity contribution >= 4 is 17.0 Å². The van der Waals surface area contributed by atoms with E-state index in [9.17, 15) is 9.90 Å². The molecule has 0 amide bonds. The number of aromatic hydroxyl groups is 1. The Bertz CT molecular complexity index is 1020. The Kier molecular flexibility index (Phi) is 3.03. The van der Waals surface area contributed by atoms with Crippen LogP contribution in [0.25, 0.3) is 28.4 Å². The van der Waals surface area contributed by atoms with E-state index in [0.717, 1.165) is 11.1 Å². The van der Waals surface area contributed by atoms with Gasteiger partial charge in [-0.1, -0.05) is 0 Å². The molecular formula is C20H16O4. The first kappa shape index (κ1) is 14.6. The third kappa shape index (κ3) is 2.36. The molecule has 0 saturated heterocycles. The lowest BCUT2D eigenvalue weighted by atomic mass is 10.0. The number of fused-ring (bicyclic) bond motifs is 3. The second-order valence-corrected chi connectivity index (χ2v) is 6.41. The van der Waals surface area contributed by atoms with E-state index >= 15 is 0 Å². The summed E-state index contributed by atoms with van der Waals surface area (Å²) in [5.41, 5.74) is 1.50. The Labute approximate surface area is 138 Å². The molecule has 4 heteroatoms. The number of phenolic OH excluding ortho intramolecular Hbond substituents is 1. The molecule has 4 nitrogen and oxygen atoms in total. The molecule has 0 radical (unpaired) electrons. The highest BCUT2D eigenvalue weighted by atomic mass is 16.5. The van der Waals surface area contributed by atoms with Crippen LogP contribution >= 0.6 is 0 Å². The molecule has 3 aromatic rings. The maximum Gasteiger partial charge on any atom is 0.193 e. The SMILES string of the molecule is CC1(C)C=Cc2c(ccc3c(=O)cc(-c4ccc(O)cc4)oc23)O1. The van der Waals surface area contributed by atoms with E-state index in [0.29, 0.717) is 22.5 Å². The van der Waals surface area contributed by atoms with Gasteiger partial charge < -0.3 is 14.3 Å². The zero-order valence-electron chi connectivity index (χ0n) is 13.4. The first-order valence-corrected chi connectivity index (χ1v) is 7.71. The van der Waals surface area contributed by atoms with Gasteiger partial charge in [0.2, 0.25) is 0 Å². The van der Waals surface area contributed by atoms with Crippen molar-refractivity contribution in [1.29, 1.82) is 0 Å². The van der Waals surface area contributed by atoms with Crippen LogP contribution in [0.5, 0.6) is 11.5 Å². The van der Waals surface area contributed by atoms with Crippen LogP contribution in [0.15, 0.2) is 57.8 Å². The maximum atomic E-state index is 12.5. The van der Waals surface area contributed by atoms with Crippen LogP contribution in [0.1, 0.15) is 19.4 Å². The smallest absolute Gasteiger partial charge is 0.193 e. The Morgan fingerprint density at radius 2 is 1.79 bits per heavy atom. The Morgan fingerprint density at radius 3 is 2.54 bits per heavy atom. The molecule has 2 heterocycles. The molecule has 1 aliphatic heterocycles. The molecule has 0 fully saturated rings. The van der Waals surface area contributed by atoms with Crippen molar-refractivity contribution < 1.29 is 14.3 Å². The third-order valence-corrected chi connectivity index (χ3v) is 4.07. The van der Waals surface area contributed by atoms with Gasteiger partial charge in [-0.05, 0) is 62.4 Å². The second kappa shape index (κ2) is 4.99. The average molecular weight is 320 g/mol. The molecule has 1 N–H and O–H groups in total. The van der Waals surface area contributed by atoms with Gasteiger partial charge in [0, 0.05) is 11.6 Å². The van der Waals surface area contributed by atoms with Gasteiger partial charge in [0.05, 0.1) is 10.9 Å². The van der Waals surface area contributed by atoms with Crippen molar-refractivity contribution in [1.82, 2.24) is 0 Å². The molecule has 4 rings (SSSR count). The van der Waals surface area contributed by atoms with Crippen molar-refractivity contribution in [3.05, 3.63) is 64.3 Å². The second-order valence-electron chi connectivity index (χ2n) is 6.41. The van der Waals surface area contributed by atoms with Crippen LogP contribution in [-0.4, -0.2) is 10.7 Å². The summed E-state index contributed by atoms with van der Waals surface area (Å²) in [6.45, 7) is 3.94. The van der Waals surface area contributed by atoms with Crippen LogP contribution in [-0.2, 0) is 0 Å². The summed E-state index contributed by atoms with van der Waals surface area (Å²) in [6, 6.07) is 11.6. The van der Waals surface area contributed by atoms with E-state index < -0.39 is 5.60 Å². The van der Waals surface area contributed by atoms with Gasteiger partial charge in [-0.15, -0.1) is 0 Å². The topological polar surface area (TPSA) is 59.7 Å². The lowest BCUT2D eigenvalue weighted by Gasteiger charge is -2.28. The normalized spacial score (nSPS) is 15.1. The first-order valence-electron chi connectivity index (χ1n) is 7.71. The van der Waals surface area contributed by atoms with Crippen molar-refractivity contribution in [2.24, 2.45) is 0 Å². The van der Waals surface area contributed by atoms with Gasteiger partial charge in [0.25, 0.3) is 0 Å². The highest BCUT2D eigenvalue weighted by Gasteiger charge is 2.24. The number of rotatable bonds is 1. The number of hydrogen-bond acceptors (Lipinski definition) is 4. The lowest BCUT2D eigenvalue weighted by Crippen LogP contribution is -2.27. The quantitative estimate of drug-likeness (QED) is 0.724. The van der Waals surface area contributed by atoms with Gasteiger partial charge in [-0.25, -0.2) is 0 Å². The molecule has 0 bridgehead atoms. The minimum Gasteiger partial charge on any atom is -0.508 e. The average Bonchev–Trinajstić information content (AvgIpc) is 2.54. The predicted octanol–water partition coefficient (Wildman–Crippen LogP) is 4.35. The van der Waals surface area contributed by atoms with Gasteiger partial charge in [0.15, 0.2) is 5.43 Å². The zero-order valence-corrected chi connectivity index (χ0v) is 13.4. The van der Waals surface area contributed by atoms with Gasteiger partial charge >= 0.3 is 0 Å². The van der Waals surface area contributed by atoms with E-state index in [1.807, 2.05) is 26.0 Å². The fourth-order valence-electron chi connectivity index (χ4n) is 2.84. The monoisotopic (exact) mass is 320 g/mol. The molecule has 0 unspecified atom stereocenters. The van der Waals surface area contributed by atoms with Crippen LogP contribution in [0.2, 0.25) is 0 Å². The van der Waals surface area contributed by atoms with Gasteiger partial charge in [-0.2, -0.15) is 0 Å². The fraction of sp³-hybridized carbons (Fsp3) is 0.150. The molecule has 2 aromatic carbocycles. The minimum atomic E-state index is -0.393. The fourth-order valence-corrected chi connectivity index (χ4v) is 2.84. The van der Waals surface area contributed by atoms with E-state index in [1.165, 1.54) is 6.07 Å². The molecule has 0 atom stereocenters. The molecule has 1 aromatic heterocycles. The minimum absolute atomic E-state index is 0.111. The summed E-state index contributed by atoms with van der Waals surface area (Å²) < 4.78 is 12.0. The van der Waals surface area contributed by atoms with Crippen molar-refractivity contribution in [3.63, 3.8) is 0 Å². The molecule has 0 saturated carbocycles. The van der Waals surface area contributed by atoms with Crippen molar-refractivity contribution in [2.75, 3.05) is 0 Å². The molecule has 120 valence electrons. The van der Waals surface area contributed by atoms with Crippen LogP contribution in [0.4, 0.5) is 0 Å². The highest BCUT2D eigenvalue weighted by molar-refractivity contribution is 5.90. The summed E-state index contributed by atoms with van der Waals surface area (Å²) in [5, 5.41) is 9.94. The molecule has 24 heavy (non-hydrogen) atoms. The van der Waals surface area contributed by atoms with E-state index in [1.54, 1.807) is 36.4 Å².